The molecule has 0 fully saturated rings. The molecule has 0 saturated carbocycles. The molecular weight excluding hydrogens is 160 g/mol. The first-order valence-electron chi connectivity index (χ1n) is 4.74. The first-order chi connectivity index (χ1) is 6.33. The van der Waals surface area contributed by atoms with Gasteiger partial charge in [-0.05, 0) is 44.8 Å². The molecule has 2 heteroatoms. The summed E-state index contributed by atoms with van der Waals surface area (Å²) in [5.74, 6) is 0. The van der Waals surface area contributed by atoms with Crippen molar-refractivity contribution in [2.24, 2.45) is 4.99 Å². The van der Waals surface area contributed by atoms with Gasteiger partial charge in [-0.2, -0.15) is 0 Å². The highest BCUT2D eigenvalue weighted by Crippen LogP contribution is 2.11. The Bertz CT molecular complexity index is 259. The molecule has 0 radical (unpaired) electrons. The molecule has 0 spiro atoms. The van der Waals surface area contributed by atoms with E-state index in [1.165, 1.54) is 19.1 Å². The van der Waals surface area contributed by atoms with Crippen LogP contribution in [-0.4, -0.2) is 11.9 Å². The van der Waals surface area contributed by atoms with Gasteiger partial charge in [-0.15, -0.1) is 0 Å². The minimum absolute atomic E-state index is 1.04. The molecule has 0 aromatic rings. The van der Waals surface area contributed by atoms with Gasteiger partial charge in [0.1, 0.15) is 0 Å². The third-order valence-electron chi connectivity index (χ3n) is 2.03. The van der Waals surface area contributed by atoms with E-state index in [0.717, 1.165) is 24.3 Å². The lowest BCUT2D eigenvalue weighted by molar-refractivity contribution is 0.767. The van der Waals surface area contributed by atoms with Gasteiger partial charge >= 0.3 is 0 Å². The van der Waals surface area contributed by atoms with Gasteiger partial charge in [0.2, 0.25) is 0 Å². The summed E-state index contributed by atoms with van der Waals surface area (Å²) in [7, 11) is 0. The molecule has 2 nitrogen and oxygen atoms in total. The molecule has 1 rings (SSSR count). The topological polar surface area (TPSA) is 36.2 Å². The van der Waals surface area contributed by atoms with Crippen LogP contribution in [0.2, 0.25) is 0 Å². The zero-order valence-electron chi connectivity index (χ0n) is 8.09. The maximum atomic E-state index is 6.89. The highest BCUT2D eigenvalue weighted by atomic mass is 14.7. The molecule has 70 valence electrons. The second-order valence-corrected chi connectivity index (χ2v) is 3.22. The lowest BCUT2D eigenvalue weighted by Crippen LogP contribution is -1.97. The van der Waals surface area contributed by atoms with E-state index in [9.17, 15) is 0 Å². The summed E-state index contributed by atoms with van der Waals surface area (Å²) in [5.41, 5.74) is 2.20. The monoisotopic (exact) mass is 176 g/mol. The molecule has 0 atom stereocenters. The van der Waals surface area contributed by atoms with Crippen LogP contribution in [0.15, 0.2) is 28.9 Å². The minimum Gasteiger partial charge on any atom is -0.309 e. The SMILES string of the molecule is CC1=C/CCCCC(/C=C\C=N)=N\1. The standard InChI is InChI=1S/C11H16N2/c1-10-6-3-2-4-7-11(13-10)8-5-9-12/h5-6,8-9,12H,2-4,7H2,1H3/b8-5-,10-6-,12-9?,13-11+. The third-order valence-corrected chi connectivity index (χ3v) is 2.03. The van der Waals surface area contributed by atoms with Gasteiger partial charge in [0.15, 0.2) is 0 Å². The van der Waals surface area contributed by atoms with Crippen molar-refractivity contribution in [3.05, 3.63) is 23.9 Å². The Kier molecular flexibility index (Phi) is 4.16. The summed E-state index contributed by atoms with van der Waals surface area (Å²) in [6.07, 6.45) is 11.8. The summed E-state index contributed by atoms with van der Waals surface area (Å²) in [6.45, 7) is 2.03. The fourth-order valence-corrected chi connectivity index (χ4v) is 1.37. The third kappa shape index (κ3) is 3.83. The van der Waals surface area contributed by atoms with E-state index in [1.807, 2.05) is 13.0 Å². The summed E-state index contributed by atoms with van der Waals surface area (Å²) in [6, 6.07) is 0. The average Bonchev–Trinajstić information content (AvgIpc) is 2.09. The van der Waals surface area contributed by atoms with Crippen LogP contribution >= 0.6 is 0 Å². The quantitative estimate of drug-likeness (QED) is 0.628. The van der Waals surface area contributed by atoms with Crippen LogP contribution in [-0.2, 0) is 0 Å². The van der Waals surface area contributed by atoms with Crippen LogP contribution in [0.4, 0.5) is 0 Å². The second kappa shape index (κ2) is 5.46. The number of hydrogen-bond acceptors (Lipinski definition) is 2. The van der Waals surface area contributed by atoms with Gasteiger partial charge in [-0.1, -0.05) is 6.08 Å². The zero-order chi connectivity index (χ0) is 9.52. The Morgan fingerprint density at radius 1 is 1.46 bits per heavy atom. The Hall–Kier alpha value is -1.18. The smallest absolute Gasteiger partial charge is 0.0407 e. The first-order valence-corrected chi connectivity index (χ1v) is 4.74. The van der Waals surface area contributed by atoms with Crippen molar-refractivity contribution in [2.75, 3.05) is 0 Å². The molecule has 0 aliphatic carbocycles. The Labute approximate surface area is 79.6 Å². The molecule has 0 bridgehead atoms. The maximum absolute atomic E-state index is 6.89. The van der Waals surface area contributed by atoms with Crippen molar-refractivity contribution < 1.29 is 0 Å². The van der Waals surface area contributed by atoms with Crippen LogP contribution < -0.4 is 0 Å². The average molecular weight is 176 g/mol. The van der Waals surface area contributed by atoms with Crippen LogP contribution in [0.1, 0.15) is 32.6 Å². The van der Waals surface area contributed by atoms with E-state index in [-0.39, 0.29) is 0 Å². The summed E-state index contributed by atoms with van der Waals surface area (Å²) >= 11 is 0. The summed E-state index contributed by atoms with van der Waals surface area (Å²) in [4.78, 5) is 4.46. The van der Waals surface area contributed by atoms with Gasteiger partial charge in [-0.3, -0.25) is 4.99 Å². The molecule has 0 unspecified atom stereocenters. The number of nitrogens with zero attached hydrogens (tertiary/aromatic N) is 1. The number of hydrogen-bond donors (Lipinski definition) is 1. The molecule has 13 heavy (non-hydrogen) atoms. The lowest BCUT2D eigenvalue weighted by Gasteiger charge is -2.05. The highest BCUT2D eigenvalue weighted by molar-refractivity contribution is 5.98. The fourth-order valence-electron chi connectivity index (χ4n) is 1.37. The molecular formula is C11H16N2. The van der Waals surface area contributed by atoms with Crippen LogP contribution in [0.5, 0.6) is 0 Å². The van der Waals surface area contributed by atoms with Crippen molar-refractivity contribution in [2.45, 2.75) is 32.6 Å². The van der Waals surface area contributed by atoms with Crippen molar-refractivity contribution in [1.29, 1.82) is 5.41 Å². The molecule has 1 N–H and O–H groups in total. The molecule has 1 heterocycles. The van der Waals surface area contributed by atoms with E-state index in [2.05, 4.69) is 11.1 Å². The molecule has 0 aromatic heterocycles. The van der Waals surface area contributed by atoms with Crippen molar-refractivity contribution >= 4 is 11.9 Å². The van der Waals surface area contributed by atoms with Crippen LogP contribution in [0, 0.1) is 5.41 Å². The Balaban J connectivity index is 2.72. The van der Waals surface area contributed by atoms with E-state index >= 15 is 0 Å². The van der Waals surface area contributed by atoms with Crippen molar-refractivity contribution in [3.8, 4) is 0 Å². The van der Waals surface area contributed by atoms with Gasteiger partial charge in [0.25, 0.3) is 0 Å². The largest absolute Gasteiger partial charge is 0.309 e. The normalized spacial score (nSPS) is 26.8. The van der Waals surface area contributed by atoms with Crippen molar-refractivity contribution in [1.82, 2.24) is 0 Å². The summed E-state index contributed by atoms with van der Waals surface area (Å²) < 4.78 is 0. The summed E-state index contributed by atoms with van der Waals surface area (Å²) in [5, 5.41) is 6.89. The number of allylic oxidation sites excluding steroid dienone is 4. The predicted molar refractivity (Wildman–Crippen MR) is 57.6 cm³/mol. The van der Waals surface area contributed by atoms with Crippen LogP contribution in [0.25, 0.3) is 0 Å². The molecule has 1 aliphatic heterocycles. The lowest BCUT2D eigenvalue weighted by atomic mass is 10.1. The fraction of sp³-hybridized carbons (Fsp3) is 0.455. The molecule has 0 aromatic carbocycles. The Morgan fingerprint density at radius 3 is 3.08 bits per heavy atom. The molecule has 0 saturated heterocycles. The molecule has 1 aliphatic rings. The van der Waals surface area contributed by atoms with E-state index < -0.39 is 0 Å². The van der Waals surface area contributed by atoms with Gasteiger partial charge in [-0.25, -0.2) is 0 Å². The number of nitrogens with one attached hydrogen (secondary N) is 1. The minimum atomic E-state index is 1.04. The van der Waals surface area contributed by atoms with Gasteiger partial charge in [0.05, 0.1) is 0 Å². The van der Waals surface area contributed by atoms with E-state index in [4.69, 9.17) is 5.41 Å². The predicted octanol–water partition coefficient (Wildman–Crippen LogP) is 3.11. The Morgan fingerprint density at radius 2 is 2.31 bits per heavy atom. The maximum Gasteiger partial charge on any atom is 0.0407 e. The first kappa shape index (κ1) is 9.90. The number of aliphatic imine (C=N–C) groups is 1. The van der Waals surface area contributed by atoms with Crippen molar-refractivity contribution in [3.63, 3.8) is 0 Å². The second-order valence-electron chi connectivity index (χ2n) is 3.22. The molecule has 0 amide bonds. The van der Waals surface area contributed by atoms with E-state index in [1.54, 1.807) is 6.08 Å². The van der Waals surface area contributed by atoms with E-state index in [0.29, 0.717) is 0 Å². The number of rotatable bonds is 2. The van der Waals surface area contributed by atoms with Gasteiger partial charge < -0.3 is 5.41 Å². The highest BCUT2D eigenvalue weighted by Gasteiger charge is 1.99. The van der Waals surface area contributed by atoms with Gasteiger partial charge in [0, 0.05) is 17.6 Å². The zero-order valence-corrected chi connectivity index (χ0v) is 8.09. The van der Waals surface area contributed by atoms with Crippen LogP contribution in [0.3, 0.4) is 0 Å².